The van der Waals surface area contributed by atoms with Crippen LogP contribution in [0.3, 0.4) is 0 Å². The van der Waals surface area contributed by atoms with Crippen molar-refractivity contribution in [1.82, 2.24) is 10.6 Å². The van der Waals surface area contributed by atoms with Crippen LogP contribution in [-0.4, -0.2) is 43.3 Å². The number of nitro benzene ring substituents is 1. The third-order valence-corrected chi connectivity index (χ3v) is 5.39. The summed E-state index contributed by atoms with van der Waals surface area (Å²) in [5.41, 5.74) is 0.605. The van der Waals surface area contributed by atoms with E-state index in [0.717, 1.165) is 0 Å². The first-order chi connectivity index (χ1) is 16.3. The molecule has 2 aliphatic rings. The normalized spacial score (nSPS) is 16.6. The van der Waals surface area contributed by atoms with E-state index in [1.165, 1.54) is 30.3 Å². The van der Waals surface area contributed by atoms with Gasteiger partial charge in [-0.3, -0.25) is 10.1 Å². The van der Waals surface area contributed by atoms with Crippen molar-refractivity contribution in [2.24, 2.45) is 0 Å². The molecule has 0 aliphatic carbocycles. The van der Waals surface area contributed by atoms with Crippen LogP contribution in [0.4, 0.5) is 24.5 Å². The molecule has 9 nitrogen and oxygen atoms in total. The van der Waals surface area contributed by atoms with Gasteiger partial charge in [-0.2, -0.15) is 0 Å². The Morgan fingerprint density at radius 2 is 1.68 bits per heavy atom. The summed E-state index contributed by atoms with van der Waals surface area (Å²) in [6, 6.07) is 10.2. The average molecular weight is 480 g/mol. The number of ether oxygens (including phenoxy) is 3. The van der Waals surface area contributed by atoms with Crippen molar-refractivity contribution in [2.75, 3.05) is 24.6 Å². The monoisotopic (exact) mass is 480 g/mol. The molecule has 1 fully saturated rings. The van der Waals surface area contributed by atoms with Gasteiger partial charge in [-0.15, -0.1) is 13.2 Å². The molecule has 2 aromatic carbocycles. The Balaban J connectivity index is 1.31. The summed E-state index contributed by atoms with van der Waals surface area (Å²) in [5, 5.41) is 17.6. The Bertz CT molecular complexity index is 1020. The number of nitrogens with zero attached hydrogens (tertiary/aromatic N) is 2. The Labute approximate surface area is 193 Å². The number of nitrogens with one attached hydrogen (secondary N) is 2. The molecule has 4 rings (SSSR count). The van der Waals surface area contributed by atoms with Gasteiger partial charge in [0.25, 0.3) is 0 Å². The summed E-state index contributed by atoms with van der Waals surface area (Å²) in [4.78, 5) is 13.1. The molecule has 0 radical (unpaired) electrons. The van der Waals surface area contributed by atoms with Crippen LogP contribution in [0.15, 0.2) is 54.9 Å². The Kier molecular flexibility index (Phi) is 6.85. The molecule has 2 heterocycles. The predicted octanol–water partition coefficient (Wildman–Crippen LogP) is 3.91. The Hall–Kier alpha value is -3.83. The highest BCUT2D eigenvalue weighted by molar-refractivity contribution is 5.60. The van der Waals surface area contributed by atoms with Crippen molar-refractivity contribution in [3.05, 3.63) is 65.0 Å². The molecule has 12 heteroatoms. The minimum atomic E-state index is -4.74. The van der Waals surface area contributed by atoms with Crippen LogP contribution in [0.5, 0.6) is 17.2 Å². The van der Waals surface area contributed by atoms with Gasteiger partial charge in [0.05, 0.1) is 4.92 Å². The van der Waals surface area contributed by atoms with Gasteiger partial charge in [-0.05, 0) is 36.4 Å². The summed E-state index contributed by atoms with van der Waals surface area (Å²) < 4.78 is 52.2. The fraction of sp³-hybridized carbons (Fsp3) is 0.364. The molecule has 2 N–H and O–H groups in total. The van der Waals surface area contributed by atoms with Gasteiger partial charge >= 0.3 is 12.0 Å². The van der Waals surface area contributed by atoms with E-state index in [4.69, 9.17) is 9.47 Å². The lowest BCUT2D eigenvalue weighted by Crippen LogP contribution is -2.38. The Morgan fingerprint density at radius 1 is 1.03 bits per heavy atom. The maximum atomic E-state index is 12.3. The zero-order valence-electron chi connectivity index (χ0n) is 18.0. The topological polar surface area (TPSA) is 98.1 Å². The largest absolute Gasteiger partial charge is 0.573 e. The third kappa shape index (κ3) is 6.15. The number of nitro groups is 1. The van der Waals surface area contributed by atoms with Crippen LogP contribution in [0, 0.1) is 10.1 Å². The number of hydrogen-bond acceptors (Lipinski definition) is 8. The maximum Gasteiger partial charge on any atom is 0.573 e. The van der Waals surface area contributed by atoms with Gasteiger partial charge in [-0.25, -0.2) is 0 Å². The van der Waals surface area contributed by atoms with Crippen LogP contribution in [-0.2, 0) is 0 Å². The summed E-state index contributed by atoms with van der Waals surface area (Å²) in [6.45, 7) is 1.44. The lowest BCUT2D eigenvalue weighted by molar-refractivity contribution is -0.385. The number of halogens is 3. The summed E-state index contributed by atoms with van der Waals surface area (Å²) in [6.07, 6.45) is -0.240. The second-order valence-corrected chi connectivity index (χ2v) is 7.76. The van der Waals surface area contributed by atoms with E-state index in [2.05, 4.69) is 15.4 Å². The molecule has 2 aliphatic heterocycles. The van der Waals surface area contributed by atoms with Gasteiger partial charge in [0.2, 0.25) is 0 Å². The molecule has 182 valence electrons. The van der Waals surface area contributed by atoms with Crippen molar-refractivity contribution < 1.29 is 32.3 Å². The quantitative estimate of drug-likeness (QED) is 0.434. The second-order valence-electron chi connectivity index (χ2n) is 7.76. The summed E-state index contributed by atoms with van der Waals surface area (Å²) in [7, 11) is 0. The molecule has 2 aromatic rings. The highest BCUT2D eigenvalue weighted by Gasteiger charge is 2.31. The van der Waals surface area contributed by atoms with Crippen LogP contribution in [0.25, 0.3) is 0 Å². The summed E-state index contributed by atoms with van der Waals surface area (Å²) in [5.74, 6) is 0.336. The minimum Gasteiger partial charge on any atom is -0.490 e. The zero-order chi connectivity index (χ0) is 24.1. The number of piperidine rings is 1. The van der Waals surface area contributed by atoms with Crippen LogP contribution < -0.4 is 29.7 Å². The maximum absolute atomic E-state index is 12.3. The molecule has 0 bridgehead atoms. The van der Waals surface area contributed by atoms with Crippen LogP contribution in [0.1, 0.15) is 12.8 Å². The number of anilines is 1. The van der Waals surface area contributed by atoms with Crippen LogP contribution in [0.2, 0.25) is 0 Å². The van der Waals surface area contributed by atoms with E-state index in [1.807, 2.05) is 4.90 Å². The number of hydrogen-bond donors (Lipinski definition) is 2. The molecular weight excluding hydrogens is 457 g/mol. The molecule has 0 spiro atoms. The fourth-order valence-electron chi connectivity index (χ4n) is 3.76. The smallest absolute Gasteiger partial charge is 0.490 e. The molecular formula is C22H23F3N4O5. The lowest BCUT2D eigenvalue weighted by Gasteiger charge is -2.33. The van der Waals surface area contributed by atoms with Gasteiger partial charge in [0.15, 0.2) is 5.75 Å². The SMILES string of the molecule is O=[N+]([O-])c1cc(N2CCC(Oc3ccc(OC(F)(F)F)cc3)CC2)ccc1OCC1NC=CN1. The van der Waals surface area contributed by atoms with E-state index in [0.29, 0.717) is 37.4 Å². The van der Waals surface area contributed by atoms with E-state index >= 15 is 0 Å². The summed E-state index contributed by atoms with van der Waals surface area (Å²) >= 11 is 0. The highest BCUT2D eigenvalue weighted by Crippen LogP contribution is 2.33. The standard InChI is InChI=1S/C22H23F3N4O5/c23-22(24,25)34-18-4-2-16(3-5-18)33-17-7-11-28(12-8-17)15-1-6-20(19(13-15)29(30)31)32-14-21-26-9-10-27-21/h1-6,9-10,13,17,21,26-27H,7-8,11-12,14H2. The lowest BCUT2D eigenvalue weighted by atomic mass is 10.1. The molecule has 0 unspecified atom stereocenters. The highest BCUT2D eigenvalue weighted by atomic mass is 19.4. The van der Waals surface area contributed by atoms with Crippen LogP contribution >= 0.6 is 0 Å². The van der Waals surface area contributed by atoms with Crippen molar-refractivity contribution >= 4 is 11.4 Å². The van der Waals surface area contributed by atoms with Crippen molar-refractivity contribution in [1.29, 1.82) is 0 Å². The van der Waals surface area contributed by atoms with Crippen molar-refractivity contribution in [2.45, 2.75) is 31.5 Å². The molecule has 1 saturated heterocycles. The number of benzene rings is 2. The molecule has 34 heavy (non-hydrogen) atoms. The molecule has 0 atom stereocenters. The molecule has 0 amide bonds. The van der Waals surface area contributed by atoms with E-state index in [9.17, 15) is 23.3 Å². The van der Waals surface area contributed by atoms with E-state index in [1.54, 1.807) is 24.5 Å². The van der Waals surface area contributed by atoms with Crippen molar-refractivity contribution in [3.8, 4) is 17.2 Å². The zero-order valence-corrected chi connectivity index (χ0v) is 18.0. The average Bonchev–Trinajstić information content (AvgIpc) is 3.32. The number of alkyl halides is 3. The van der Waals surface area contributed by atoms with E-state index in [-0.39, 0.29) is 36.1 Å². The molecule has 0 aromatic heterocycles. The first-order valence-electron chi connectivity index (χ1n) is 10.6. The minimum absolute atomic E-state index is 0.108. The van der Waals surface area contributed by atoms with Gasteiger partial charge in [0, 0.05) is 50.1 Å². The van der Waals surface area contributed by atoms with E-state index < -0.39 is 11.3 Å². The van der Waals surface area contributed by atoms with Crippen molar-refractivity contribution in [3.63, 3.8) is 0 Å². The first kappa shape index (κ1) is 23.3. The first-order valence-corrected chi connectivity index (χ1v) is 10.6. The van der Waals surface area contributed by atoms with Gasteiger partial charge in [0.1, 0.15) is 30.4 Å². The fourth-order valence-corrected chi connectivity index (χ4v) is 3.76. The second kappa shape index (κ2) is 9.98. The third-order valence-electron chi connectivity index (χ3n) is 5.39. The van der Waals surface area contributed by atoms with Gasteiger partial charge in [-0.1, -0.05) is 0 Å². The number of rotatable bonds is 8. The predicted molar refractivity (Wildman–Crippen MR) is 117 cm³/mol. The Morgan fingerprint density at radius 3 is 2.29 bits per heavy atom. The molecule has 0 saturated carbocycles. The van der Waals surface area contributed by atoms with Gasteiger partial charge < -0.3 is 29.7 Å².